The van der Waals surface area contributed by atoms with Gasteiger partial charge in [-0.2, -0.15) is 0 Å². The molecular weight excluding hydrogens is 455 g/mol. The number of carbonyl (C=O) groups is 1. The third-order valence-electron chi connectivity index (χ3n) is 5.73. The van der Waals surface area contributed by atoms with Gasteiger partial charge in [0.25, 0.3) is 0 Å². The van der Waals surface area contributed by atoms with Crippen LogP contribution in [0, 0.1) is 19.8 Å². The van der Waals surface area contributed by atoms with Crippen LogP contribution in [0.15, 0.2) is 36.4 Å². The van der Waals surface area contributed by atoms with Crippen LogP contribution >= 0.6 is 23.2 Å². The quantitative estimate of drug-likeness (QED) is 0.627. The molecule has 1 heterocycles. The number of halogens is 2. The van der Waals surface area contributed by atoms with Crippen molar-refractivity contribution in [2.24, 2.45) is 5.92 Å². The Morgan fingerprint density at radius 3 is 2.58 bits per heavy atom. The molecule has 1 aliphatic heterocycles. The first-order chi connectivity index (χ1) is 14.6. The Labute approximate surface area is 194 Å². The van der Waals surface area contributed by atoms with E-state index in [4.69, 9.17) is 23.2 Å². The van der Waals surface area contributed by atoms with E-state index in [-0.39, 0.29) is 30.2 Å². The van der Waals surface area contributed by atoms with Gasteiger partial charge in [-0.3, -0.25) is 4.79 Å². The highest BCUT2D eigenvalue weighted by molar-refractivity contribution is 7.88. The van der Waals surface area contributed by atoms with E-state index in [0.29, 0.717) is 35.0 Å². The SMILES string of the molecule is Cc1ccc([C@@H](C)NC(=O)[C@@H]2CCCN(S(=O)(=O)Cc3ccc(Cl)c(Cl)c3)C2)c(C)c1. The third kappa shape index (κ3) is 6.01. The summed E-state index contributed by atoms with van der Waals surface area (Å²) in [6, 6.07) is 10.8. The van der Waals surface area contributed by atoms with Gasteiger partial charge in [-0.05, 0) is 62.4 Å². The molecule has 3 rings (SSSR count). The lowest BCUT2D eigenvalue weighted by Gasteiger charge is -2.32. The first-order valence-electron chi connectivity index (χ1n) is 10.4. The van der Waals surface area contributed by atoms with Crippen molar-refractivity contribution in [1.82, 2.24) is 9.62 Å². The topological polar surface area (TPSA) is 66.5 Å². The van der Waals surface area contributed by atoms with Crippen molar-refractivity contribution in [1.29, 1.82) is 0 Å². The van der Waals surface area contributed by atoms with Crippen LogP contribution in [0.4, 0.5) is 0 Å². The summed E-state index contributed by atoms with van der Waals surface area (Å²) in [6.45, 7) is 6.63. The minimum atomic E-state index is -3.57. The first-order valence-corrected chi connectivity index (χ1v) is 12.7. The summed E-state index contributed by atoms with van der Waals surface area (Å²) in [5, 5.41) is 3.78. The fourth-order valence-electron chi connectivity index (χ4n) is 4.06. The maximum atomic E-state index is 13.0. The number of piperidine rings is 1. The second-order valence-corrected chi connectivity index (χ2v) is 11.1. The highest BCUT2D eigenvalue weighted by Gasteiger charge is 2.33. The average Bonchev–Trinajstić information content (AvgIpc) is 2.70. The third-order valence-corrected chi connectivity index (χ3v) is 8.29. The molecule has 0 saturated carbocycles. The van der Waals surface area contributed by atoms with Crippen molar-refractivity contribution in [3.05, 3.63) is 68.7 Å². The predicted molar refractivity (Wildman–Crippen MR) is 126 cm³/mol. The molecule has 1 aliphatic rings. The van der Waals surface area contributed by atoms with Gasteiger partial charge < -0.3 is 5.32 Å². The monoisotopic (exact) mass is 482 g/mol. The summed E-state index contributed by atoms with van der Waals surface area (Å²) in [5.74, 6) is -0.649. The zero-order valence-electron chi connectivity index (χ0n) is 18.0. The molecule has 1 amide bonds. The van der Waals surface area contributed by atoms with Gasteiger partial charge in [-0.1, -0.05) is 53.0 Å². The van der Waals surface area contributed by atoms with Crippen LogP contribution in [0.5, 0.6) is 0 Å². The van der Waals surface area contributed by atoms with E-state index in [0.717, 1.165) is 11.1 Å². The number of nitrogens with one attached hydrogen (secondary N) is 1. The Hall–Kier alpha value is -1.60. The average molecular weight is 483 g/mol. The summed E-state index contributed by atoms with van der Waals surface area (Å²) in [7, 11) is -3.57. The van der Waals surface area contributed by atoms with Crippen LogP contribution in [0.1, 0.15) is 48.1 Å². The van der Waals surface area contributed by atoms with Crippen molar-refractivity contribution in [3.8, 4) is 0 Å². The van der Waals surface area contributed by atoms with Gasteiger partial charge in [0.05, 0.1) is 27.8 Å². The fourth-order valence-corrected chi connectivity index (χ4v) is 5.98. The van der Waals surface area contributed by atoms with Crippen LogP contribution in [-0.2, 0) is 20.6 Å². The number of hydrogen-bond donors (Lipinski definition) is 1. The van der Waals surface area contributed by atoms with Crippen molar-refractivity contribution in [2.75, 3.05) is 13.1 Å². The number of amides is 1. The molecule has 1 N–H and O–H groups in total. The standard InChI is InChI=1S/C23H28Cl2N2O3S/c1-15-6-8-20(16(2)11-15)17(3)26-23(28)19-5-4-10-27(13-19)31(29,30)14-18-7-9-21(24)22(25)12-18/h6-9,11-12,17,19H,4-5,10,13-14H2,1-3H3,(H,26,28)/t17-,19-/m1/s1. The second-order valence-electron chi connectivity index (χ2n) is 8.29. The molecule has 1 saturated heterocycles. The molecule has 5 nitrogen and oxygen atoms in total. The Morgan fingerprint density at radius 1 is 1.16 bits per heavy atom. The fraction of sp³-hybridized carbons (Fsp3) is 0.435. The van der Waals surface area contributed by atoms with Gasteiger partial charge in [-0.15, -0.1) is 0 Å². The van der Waals surface area contributed by atoms with E-state index in [1.165, 1.54) is 9.87 Å². The summed E-state index contributed by atoms with van der Waals surface area (Å²) < 4.78 is 27.3. The van der Waals surface area contributed by atoms with Crippen molar-refractivity contribution in [3.63, 3.8) is 0 Å². The minimum absolute atomic E-state index is 0.109. The number of sulfonamides is 1. The summed E-state index contributed by atoms with van der Waals surface area (Å²) in [4.78, 5) is 12.9. The van der Waals surface area contributed by atoms with E-state index in [9.17, 15) is 13.2 Å². The van der Waals surface area contributed by atoms with Gasteiger partial charge in [0.15, 0.2) is 0 Å². The molecule has 1 fully saturated rings. The zero-order chi connectivity index (χ0) is 22.8. The Kier molecular flexibility index (Phi) is 7.68. The number of aryl methyl sites for hydroxylation is 2. The smallest absolute Gasteiger partial charge is 0.224 e. The molecule has 0 bridgehead atoms. The Bertz CT molecular complexity index is 1070. The number of benzene rings is 2. The minimum Gasteiger partial charge on any atom is -0.349 e. The lowest BCUT2D eigenvalue weighted by atomic mass is 9.96. The molecule has 2 aromatic rings. The van der Waals surface area contributed by atoms with E-state index in [1.807, 2.05) is 32.9 Å². The van der Waals surface area contributed by atoms with Gasteiger partial charge in [0.2, 0.25) is 15.9 Å². The molecule has 8 heteroatoms. The van der Waals surface area contributed by atoms with Crippen LogP contribution < -0.4 is 5.32 Å². The molecular formula is C23H28Cl2N2O3S. The van der Waals surface area contributed by atoms with Gasteiger partial charge >= 0.3 is 0 Å². The van der Waals surface area contributed by atoms with E-state index >= 15 is 0 Å². The van der Waals surface area contributed by atoms with E-state index in [1.54, 1.807) is 18.2 Å². The number of hydrogen-bond acceptors (Lipinski definition) is 3. The molecule has 31 heavy (non-hydrogen) atoms. The summed E-state index contributed by atoms with van der Waals surface area (Å²) in [5.41, 5.74) is 3.94. The van der Waals surface area contributed by atoms with E-state index in [2.05, 4.69) is 11.4 Å². The lowest BCUT2D eigenvalue weighted by Crippen LogP contribution is -2.46. The van der Waals surface area contributed by atoms with Crippen LogP contribution in [0.3, 0.4) is 0 Å². The molecule has 0 unspecified atom stereocenters. The van der Waals surface area contributed by atoms with Gasteiger partial charge in [-0.25, -0.2) is 12.7 Å². The summed E-state index contributed by atoms with van der Waals surface area (Å²) >= 11 is 11.9. The maximum absolute atomic E-state index is 13.0. The molecule has 0 aliphatic carbocycles. The molecule has 168 valence electrons. The molecule has 0 aromatic heterocycles. The number of rotatable bonds is 6. The highest BCUT2D eigenvalue weighted by Crippen LogP contribution is 2.27. The Balaban J connectivity index is 1.66. The van der Waals surface area contributed by atoms with Crippen molar-refractivity contribution < 1.29 is 13.2 Å². The molecule has 0 spiro atoms. The van der Waals surface area contributed by atoms with Gasteiger partial charge in [0.1, 0.15) is 0 Å². The normalized spacial score (nSPS) is 18.5. The first kappa shape index (κ1) is 24.1. The predicted octanol–water partition coefficient (Wildman–Crippen LogP) is 5.03. The lowest BCUT2D eigenvalue weighted by molar-refractivity contribution is -0.126. The Morgan fingerprint density at radius 2 is 1.90 bits per heavy atom. The van der Waals surface area contributed by atoms with Crippen LogP contribution in [-0.4, -0.2) is 31.7 Å². The molecule has 0 radical (unpaired) electrons. The number of nitrogens with zero attached hydrogens (tertiary/aromatic N) is 1. The highest BCUT2D eigenvalue weighted by atomic mass is 35.5. The molecule has 2 atom stereocenters. The second kappa shape index (κ2) is 9.90. The largest absolute Gasteiger partial charge is 0.349 e. The van der Waals surface area contributed by atoms with Crippen LogP contribution in [0.2, 0.25) is 10.0 Å². The van der Waals surface area contributed by atoms with Crippen LogP contribution in [0.25, 0.3) is 0 Å². The molecule has 2 aromatic carbocycles. The van der Waals surface area contributed by atoms with E-state index < -0.39 is 10.0 Å². The number of carbonyl (C=O) groups excluding carboxylic acids is 1. The van der Waals surface area contributed by atoms with Gasteiger partial charge in [0, 0.05) is 13.1 Å². The summed E-state index contributed by atoms with van der Waals surface area (Å²) in [6.07, 6.45) is 1.32. The van der Waals surface area contributed by atoms with Crippen molar-refractivity contribution >= 4 is 39.1 Å². The van der Waals surface area contributed by atoms with Crippen molar-refractivity contribution in [2.45, 2.75) is 45.4 Å². The maximum Gasteiger partial charge on any atom is 0.224 e. The zero-order valence-corrected chi connectivity index (χ0v) is 20.3.